The van der Waals surface area contributed by atoms with Gasteiger partial charge in [0.05, 0.1) is 24.9 Å². The standard InChI is InChI=1S/C20H26O6/c1-2-19(22)25-14-4-3-13-24-17-9-5-15(6-10-17)20(23)26-18-11-7-16(21)8-12-18/h2,5-6,9-10,16,18,21H,1,3-4,7-8,11-14H2. The van der Waals surface area contributed by atoms with E-state index in [2.05, 4.69) is 6.58 Å². The molecule has 1 fully saturated rings. The Morgan fingerprint density at radius 3 is 2.38 bits per heavy atom. The predicted octanol–water partition coefficient (Wildman–Crippen LogP) is 3.04. The molecule has 0 unspecified atom stereocenters. The number of esters is 2. The lowest BCUT2D eigenvalue weighted by atomic mass is 9.95. The van der Waals surface area contributed by atoms with E-state index in [0.29, 0.717) is 56.6 Å². The highest BCUT2D eigenvalue weighted by molar-refractivity contribution is 5.89. The van der Waals surface area contributed by atoms with Crippen molar-refractivity contribution in [1.82, 2.24) is 0 Å². The lowest BCUT2D eigenvalue weighted by Gasteiger charge is -2.25. The average Bonchev–Trinajstić information content (AvgIpc) is 2.66. The third-order valence-electron chi connectivity index (χ3n) is 4.23. The van der Waals surface area contributed by atoms with Crippen molar-refractivity contribution in [3.63, 3.8) is 0 Å². The maximum Gasteiger partial charge on any atom is 0.338 e. The second kappa shape index (κ2) is 10.6. The van der Waals surface area contributed by atoms with Gasteiger partial charge in [-0.3, -0.25) is 0 Å². The molecular formula is C20H26O6. The first-order valence-electron chi connectivity index (χ1n) is 8.99. The summed E-state index contributed by atoms with van der Waals surface area (Å²) >= 11 is 0. The first-order chi connectivity index (χ1) is 12.6. The van der Waals surface area contributed by atoms with E-state index in [1.54, 1.807) is 24.3 Å². The van der Waals surface area contributed by atoms with Crippen LogP contribution in [-0.4, -0.2) is 42.5 Å². The number of unbranched alkanes of at least 4 members (excludes halogenated alkanes) is 1. The number of carbonyl (C=O) groups excluding carboxylic acids is 2. The Labute approximate surface area is 153 Å². The largest absolute Gasteiger partial charge is 0.494 e. The van der Waals surface area contributed by atoms with Gasteiger partial charge in [-0.2, -0.15) is 0 Å². The molecule has 1 aromatic rings. The molecule has 0 saturated heterocycles. The fourth-order valence-corrected chi connectivity index (χ4v) is 2.70. The molecule has 0 radical (unpaired) electrons. The molecule has 1 N–H and O–H groups in total. The van der Waals surface area contributed by atoms with Gasteiger partial charge in [0.25, 0.3) is 0 Å². The van der Waals surface area contributed by atoms with E-state index >= 15 is 0 Å². The van der Waals surface area contributed by atoms with Crippen molar-refractivity contribution >= 4 is 11.9 Å². The van der Waals surface area contributed by atoms with E-state index in [1.165, 1.54) is 0 Å². The van der Waals surface area contributed by atoms with Crippen LogP contribution in [0.4, 0.5) is 0 Å². The SMILES string of the molecule is C=CC(=O)OCCCCOc1ccc(C(=O)OC2CCC(O)CC2)cc1. The van der Waals surface area contributed by atoms with Crippen LogP contribution in [0.25, 0.3) is 0 Å². The lowest BCUT2D eigenvalue weighted by Crippen LogP contribution is -2.26. The molecule has 6 heteroatoms. The number of aliphatic hydroxyl groups excluding tert-OH is 1. The molecule has 0 heterocycles. The van der Waals surface area contributed by atoms with Crippen LogP contribution in [0.5, 0.6) is 5.75 Å². The molecule has 0 aromatic heterocycles. The van der Waals surface area contributed by atoms with Crippen LogP contribution in [0.15, 0.2) is 36.9 Å². The van der Waals surface area contributed by atoms with E-state index in [-0.39, 0.29) is 18.2 Å². The minimum absolute atomic E-state index is 0.114. The molecule has 1 saturated carbocycles. The van der Waals surface area contributed by atoms with Gasteiger partial charge in [-0.1, -0.05) is 6.58 Å². The second-order valence-corrected chi connectivity index (χ2v) is 6.29. The van der Waals surface area contributed by atoms with Gasteiger partial charge in [-0.05, 0) is 62.8 Å². The Morgan fingerprint density at radius 1 is 1.08 bits per heavy atom. The summed E-state index contributed by atoms with van der Waals surface area (Å²) < 4.78 is 16.0. The maximum absolute atomic E-state index is 12.1. The van der Waals surface area contributed by atoms with Crippen molar-refractivity contribution < 1.29 is 28.9 Å². The topological polar surface area (TPSA) is 82.1 Å². The highest BCUT2D eigenvalue weighted by Gasteiger charge is 2.23. The van der Waals surface area contributed by atoms with Crippen molar-refractivity contribution in [2.75, 3.05) is 13.2 Å². The summed E-state index contributed by atoms with van der Waals surface area (Å²) in [6, 6.07) is 6.83. The van der Waals surface area contributed by atoms with Crippen molar-refractivity contribution in [3.05, 3.63) is 42.5 Å². The molecule has 0 amide bonds. The van der Waals surface area contributed by atoms with Crippen LogP contribution >= 0.6 is 0 Å². The van der Waals surface area contributed by atoms with Crippen molar-refractivity contribution in [2.24, 2.45) is 0 Å². The van der Waals surface area contributed by atoms with Gasteiger partial charge in [0, 0.05) is 6.08 Å². The van der Waals surface area contributed by atoms with E-state index in [0.717, 1.165) is 12.5 Å². The summed E-state index contributed by atoms with van der Waals surface area (Å²) in [6.45, 7) is 4.17. The molecule has 0 aliphatic heterocycles. The zero-order chi connectivity index (χ0) is 18.8. The van der Waals surface area contributed by atoms with Crippen molar-refractivity contribution in [1.29, 1.82) is 0 Å². The molecule has 26 heavy (non-hydrogen) atoms. The van der Waals surface area contributed by atoms with Gasteiger partial charge in [-0.25, -0.2) is 9.59 Å². The first-order valence-corrected chi connectivity index (χ1v) is 8.99. The fourth-order valence-electron chi connectivity index (χ4n) is 2.70. The van der Waals surface area contributed by atoms with E-state index in [4.69, 9.17) is 14.2 Å². The second-order valence-electron chi connectivity index (χ2n) is 6.29. The Kier molecular flexibility index (Phi) is 8.15. The van der Waals surface area contributed by atoms with Crippen LogP contribution < -0.4 is 4.74 Å². The third kappa shape index (κ3) is 6.88. The molecule has 0 atom stereocenters. The number of rotatable bonds is 9. The lowest BCUT2D eigenvalue weighted by molar-refractivity contribution is -0.137. The Hall–Kier alpha value is -2.34. The van der Waals surface area contributed by atoms with Crippen LogP contribution in [0, 0.1) is 0 Å². The monoisotopic (exact) mass is 362 g/mol. The van der Waals surface area contributed by atoms with Gasteiger partial charge in [0.2, 0.25) is 0 Å². The zero-order valence-electron chi connectivity index (χ0n) is 14.9. The molecule has 0 bridgehead atoms. The van der Waals surface area contributed by atoms with Gasteiger partial charge >= 0.3 is 11.9 Å². The summed E-state index contributed by atoms with van der Waals surface area (Å²) in [6.07, 6.45) is 4.98. The molecule has 2 rings (SSSR count). The van der Waals surface area contributed by atoms with Crippen LogP contribution in [-0.2, 0) is 14.3 Å². The third-order valence-corrected chi connectivity index (χ3v) is 4.23. The molecule has 1 aliphatic carbocycles. The summed E-state index contributed by atoms with van der Waals surface area (Å²) in [7, 11) is 0. The molecule has 6 nitrogen and oxygen atoms in total. The van der Waals surface area contributed by atoms with Crippen LogP contribution in [0.1, 0.15) is 48.9 Å². The zero-order valence-corrected chi connectivity index (χ0v) is 14.9. The van der Waals surface area contributed by atoms with E-state index < -0.39 is 5.97 Å². The summed E-state index contributed by atoms with van der Waals surface area (Å²) in [4.78, 5) is 23.0. The Balaban J connectivity index is 1.66. The number of aliphatic hydroxyl groups is 1. The number of carbonyl (C=O) groups is 2. The summed E-state index contributed by atoms with van der Waals surface area (Å²) in [5.41, 5.74) is 0.486. The molecule has 1 aliphatic rings. The molecule has 142 valence electrons. The predicted molar refractivity (Wildman–Crippen MR) is 96.0 cm³/mol. The smallest absolute Gasteiger partial charge is 0.338 e. The van der Waals surface area contributed by atoms with E-state index in [1.807, 2.05) is 0 Å². The normalized spacial score (nSPS) is 19.4. The molecular weight excluding hydrogens is 336 g/mol. The van der Waals surface area contributed by atoms with Crippen LogP contribution in [0.2, 0.25) is 0 Å². The highest BCUT2D eigenvalue weighted by atomic mass is 16.5. The quantitative estimate of drug-likeness (QED) is 0.413. The summed E-state index contributed by atoms with van der Waals surface area (Å²) in [5.74, 6) is -0.0924. The van der Waals surface area contributed by atoms with Crippen molar-refractivity contribution in [3.8, 4) is 5.75 Å². The first kappa shape index (κ1) is 20.0. The van der Waals surface area contributed by atoms with Gasteiger partial charge in [0.1, 0.15) is 11.9 Å². The minimum atomic E-state index is -0.419. The fraction of sp³-hybridized carbons (Fsp3) is 0.500. The minimum Gasteiger partial charge on any atom is -0.494 e. The number of hydrogen-bond donors (Lipinski definition) is 1. The average molecular weight is 362 g/mol. The maximum atomic E-state index is 12.1. The van der Waals surface area contributed by atoms with Gasteiger partial charge in [0.15, 0.2) is 0 Å². The van der Waals surface area contributed by atoms with E-state index in [9.17, 15) is 14.7 Å². The van der Waals surface area contributed by atoms with Crippen molar-refractivity contribution in [2.45, 2.75) is 50.7 Å². The number of hydrogen-bond acceptors (Lipinski definition) is 6. The van der Waals surface area contributed by atoms with Gasteiger partial charge < -0.3 is 19.3 Å². The Morgan fingerprint density at radius 2 is 1.73 bits per heavy atom. The van der Waals surface area contributed by atoms with Gasteiger partial charge in [-0.15, -0.1) is 0 Å². The van der Waals surface area contributed by atoms with Crippen LogP contribution in [0.3, 0.4) is 0 Å². The number of benzene rings is 1. The Bertz CT molecular complexity index is 587. The number of ether oxygens (including phenoxy) is 3. The molecule has 1 aromatic carbocycles. The molecule has 0 spiro atoms. The highest BCUT2D eigenvalue weighted by Crippen LogP contribution is 2.22. The summed E-state index contributed by atoms with van der Waals surface area (Å²) in [5, 5.41) is 9.48.